The summed E-state index contributed by atoms with van der Waals surface area (Å²) in [4.78, 5) is 13.5. The highest BCUT2D eigenvalue weighted by atomic mass is 16.5. The zero-order valence-corrected chi connectivity index (χ0v) is 11.5. The van der Waals surface area contributed by atoms with E-state index in [1.165, 1.54) is 13.2 Å². The van der Waals surface area contributed by atoms with Crippen LogP contribution in [0.25, 0.3) is 0 Å². The largest absolute Gasteiger partial charge is 0.504 e. The molecule has 0 saturated heterocycles. The van der Waals surface area contributed by atoms with Gasteiger partial charge >= 0.3 is 0 Å². The molecule has 0 aromatic heterocycles. The van der Waals surface area contributed by atoms with E-state index >= 15 is 0 Å². The van der Waals surface area contributed by atoms with Crippen LogP contribution in [0.2, 0.25) is 0 Å². The molecule has 0 aliphatic carbocycles. The number of ether oxygens (including phenoxy) is 1. The Morgan fingerprint density at radius 3 is 2.84 bits per heavy atom. The van der Waals surface area contributed by atoms with Crippen LogP contribution in [-0.2, 0) is 11.3 Å². The first-order valence-corrected chi connectivity index (χ1v) is 5.98. The molecule has 19 heavy (non-hydrogen) atoms. The van der Waals surface area contributed by atoms with Crippen LogP contribution >= 0.6 is 0 Å². The van der Waals surface area contributed by atoms with Crippen molar-refractivity contribution < 1.29 is 14.6 Å². The monoisotopic (exact) mass is 264 g/mol. The molecule has 0 fully saturated rings. The topological polar surface area (TPSA) is 61.8 Å². The maximum atomic E-state index is 11.5. The lowest BCUT2D eigenvalue weighted by atomic mass is 10.2. The van der Waals surface area contributed by atoms with Gasteiger partial charge in [-0.25, -0.2) is 0 Å². The van der Waals surface area contributed by atoms with Crippen LogP contribution < -0.4 is 10.1 Å². The minimum absolute atomic E-state index is 0.0865. The third-order valence-electron chi connectivity index (χ3n) is 2.45. The van der Waals surface area contributed by atoms with Gasteiger partial charge in [0.25, 0.3) is 0 Å². The first-order valence-electron chi connectivity index (χ1n) is 5.98. The van der Waals surface area contributed by atoms with E-state index in [1.54, 1.807) is 24.3 Å². The summed E-state index contributed by atoms with van der Waals surface area (Å²) >= 11 is 0. The first kappa shape index (κ1) is 15.0. The Hall–Kier alpha value is -2.01. The van der Waals surface area contributed by atoms with Crippen molar-refractivity contribution in [1.29, 1.82) is 0 Å². The van der Waals surface area contributed by atoms with E-state index in [4.69, 9.17) is 4.74 Å². The Labute approximate surface area is 113 Å². The fourth-order valence-electron chi connectivity index (χ4n) is 1.45. The van der Waals surface area contributed by atoms with E-state index in [0.29, 0.717) is 12.3 Å². The van der Waals surface area contributed by atoms with Gasteiger partial charge in [0.2, 0.25) is 5.91 Å². The number of nitrogens with zero attached hydrogens (tertiary/aromatic N) is 1. The first-order chi connectivity index (χ1) is 9.02. The standard InChI is InChI=1S/C14H20N2O3/c1-16(2)8-4-5-14(18)15-10-11-6-7-12(17)13(9-11)19-3/h4-7,9,17H,8,10H2,1-3H3,(H,15,18)/b5-4+. The van der Waals surface area contributed by atoms with Gasteiger partial charge in [-0.1, -0.05) is 12.1 Å². The molecular formula is C14H20N2O3. The number of likely N-dealkylation sites (N-methyl/N-ethyl adjacent to an activating group) is 1. The molecule has 1 aromatic rings. The summed E-state index contributed by atoms with van der Waals surface area (Å²) in [5.41, 5.74) is 0.865. The highest BCUT2D eigenvalue weighted by Crippen LogP contribution is 2.25. The normalized spacial score (nSPS) is 10.9. The highest BCUT2D eigenvalue weighted by molar-refractivity contribution is 5.87. The third-order valence-corrected chi connectivity index (χ3v) is 2.45. The van der Waals surface area contributed by atoms with E-state index < -0.39 is 0 Å². The second-order valence-corrected chi connectivity index (χ2v) is 4.39. The predicted molar refractivity (Wildman–Crippen MR) is 74.2 cm³/mol. The molecule has 1 rings (SSSR count). The van der Waals surface area contributed by atoms with E-state index in [9.17, 15) is 9.90 Å². The number of hydrogen-bond acceptors (Lipinski definition) is 4. The van der Waals surface area contributed by atoms with Gasteiger partial charge in [-0.15, -0.1) is 0 Å². The number of nitrogens with one attached hydrogen (secondary N) is 1. The number of phenols is 1. The number of hydrogen-bond donors (Lipinski definition) is 2. The highest BCUT2D eigenvalue weighted by Gasteiger charge is 2.03. The molecule has 5 heteroatoms. The van der Waals surface area contributed by atoms with Crippen LogP contribution in [0.15, 0.2) is 30.4 Å². The van der Waals surface area contributed by atoms with Crippen molar-refractivity contribution in [2.24, 2.45) is 0 Å². The summed E-state index contributed by atoms with van der Waals surface area (Å²) in [7, 11) is 5.36. The molecule has 0 bridgehead atoms. The fraction of sp³-hybridized carbons (Fsp3) is 0.357. The van der Waals surface area contributed by atoms with Crippen LogP contribution in [0.1, 0.15) is 5.56 Å². The van der Waals surface area contributed by atoms with E-state index in [0.717, 1.165) is 12.1 Å². The van der Waals surface area contributed by atoms with Crippen molar-refractivity contribution in [3.05, 3.63) is 35.9 Å². The summed E-state index contributed by atoms with van der Waals surface area (Å²) < 4.78 is 5.00. The number of phenolic OH excluding ortho intramolecular Hbond substituents is 1. The van der Waals surface area contributed by atoms with Crippen molar-refractivity contribution in [2.75, 3.05) is 27.7 Å². The molecule has 0 aliphatic rings. The number of amides is 1. The smallest absolute Gasteiger partial charge is 0.243 e. The van der Waals surface area contributed by atoms with Crippen molar-refractivity contribution >= 4 is 5.91 Å². The number of aromatic hydroxyl groups is 1. The quantitative estimate of drug-likeness (QED) is 0.756. The lowest BCUT2D eigenvalue weighted by Gasteiger charge is -2.07. The molecule has 0 saturated carbocycles. The Bertz CT molecular complexity index is 456. The van der Waals surface area contributed by atoms with Gasteiger partial charge in [0.1, 0.15) is 0 Å². The maximum Gasteiger partial charge on any atom is 0.243 e. The van der Waals surface area contributed by atoms with Gasteiger partial charge in [0.05, 0.1) is 7.11 Å². The molecule has 1 aromatic carbocycles. The SMILES string of the molecule is COc1cc(CNC(=O)/C=C/CN(C)C)ccc1O. The second-order valence-electron chi connectivity index (χ2n) is 4.39. The van der Waals surface area contributed by atoms with Gasteiger partial charge in [-0.05, 0) is 31.8 Å². The van der Waals surface area contributed by atoms with Crippen molar-refractivity contribution in [3.8, 4) is 11.5 Å². The number of methoxy groups -OCH3 is 1. The van der Waals surface area contributed by atoms with Gasteiger partial charge < -0.3 is 20.1 Å². The number of rotatable bonds is 6. The van der Waals surface area contributed by atoms with Gasteiger partial charge in [0.15, 0.2) is 11.5 Å². The minimum Gasteiger partial charge on any atom is -0.504 e. The number of benzene rings is 1. The lowest BCUT2D eigenvalue weighted by molar-refractivity contribution is -0.116. The van der Waals surface area contributed by atoms with Crippen LogP contribution in [0.5, 0.6) is 11.5 Å². The molecule has 0 radical (unpaired) electrons. The molecule has 104 valence electrons. The summed E-state index contributed by atoms with van der Waals surface area (Å²) in [6.07, 6.45) is 3.31. The molecule has 0 atom stereocenters. The van der Waals surface area contributed by atoms with Gasteiger partial charge in [-0.2, -0.15) is 0 Å². The maximum absolute atomic E-state index is 11.5. The number of carbonyl (C=O) groups excluding carboxylic acids is 1. The fourth-order valence-corrected chi connectivity index (χ4v) is 1.45. The molecule has 5 nitrogen and oxygen atoms in total. The van der Waals surface area contributed by atoms with Crippen LogP contribution in [-0.4, -0.2) is 43.7 Å². The van der Waals surface area contributed by atoms with E-state index in [-0.39, 0.29) is 11.7 Å². The average Bonchev–Trinajstić information content (AvgIpc) is 2.37. The van der Waals surface area contributed by atoms with Crippen molar-refractivity contribution in [1.82, 2.24) is 10.2 Å². The minimum atomic E-state index is -0.145. The molecule has 0 unspecified atom stereocenters. The number of carbonyl (C=O) groups is 1. The third kappa shape index (κ3) is 5.44. The Morgan fingerprint density at radius 2 is 2.21 bits per heavy atom. The molecule has 0 aliphatic heterocycles. The summed E-state index contributed by atoms with van der Waals surface area (Å²) in [5.74, 6) is 0.340. The summed E-state index contributed by atoms with van der Waals surface area (Å²) in [6, 6.07) is 4.98. The Kier molecular flexibility index (Phi) is 5.89. The van der Waals surface area contributed by atoms with E-state index in [1.807, 2.05) is 19.0 Å². The lowest BCUT2D eigenvalue weighted by Crippen LogP contribution is -2.21. The zero-order valence-electron chi connectivity index (χ0n) is 11.5. The zero-order chi connectivity index (χ0) is 14.3. The van der Waals surface area contributed by atoms with Crippen molar-refractivity contribution in [2.45, 2.75) is 6.54 Å². The summed E-state index contributed by atoms with van der Waals surface area (Å²) in [5, 5.41) is 12.2. The molecule has 0 spiro atoms. The summed E-state index contributed by atoms with van der Waals surface area (Å²) in [6.45, 7) is 1.11. The molecular weight excluding hydrogens is 244 g/mol. The van der Waals surface area contributed by atoms with Gasteiger partial charge in [0, 0.05) is 19.2 Å². The predicted octanol–water partition coefficient (Wildman–Crippen LogP) is 1.13. The Balaban J connectivity index is 2.48. The van der Waals surface area contributed by atoms with Crippen LogP contribution in [0.3, 0.4) is 0 Å². The van der Waals surface area contributed by atoms with Crippen molar-refractivity contribution in [3.63, 3.8) is 0 Å². The second kappa shape index (κ2) is 7.43. The molecule has 1 amide bonds. The van der Waals surface area contributed by atoms with E-state index in [2.05, 4.69) is 5.32 Å². The van der Waals surface area contributed by atoms with Crippen LogP contribution in [0.4, 0.5) is 0 Å². The molecule has 2 N–H and O–H groups in total. The van der Waals surface area contributed by atoms with Crippen LogP contribution in [0, 0.1) is 0 Å². The molecule has 0 heterocycles. The average molecular weight is 264 g/mol. The van der Waals surface area contributed by atoms with Gasteiger partial charge in [-0.3, -0.25) is 4.79 Å². The Morgan fingerprint density at radius 1 is 1.47 bits per heavy atom.